The second-order valence-corrected chi connectivity index (χ2v) is 4.85. The van der Waals surface area contributed by atoms with Gasteiger partial charge < -0.3 is 5.32 Å². The van der Waals surface area contributed by atoms with Crippen LogP contribution in [0.2, 0.25) is 5.02 Å². The van der Waals surface area contributed by atoms with Gasteiger partial charge in [-0.05, 0) is 49.6 Å². The topological polar surface area (TPSA) is 12.0 Å². The molecule has 1 nitrogen and oxygen atoms in total. The van der Waals surface area contributed by atoms with Gasteiger partial charge in [0.1, 0.15) is 0 Å². The third-order valence-corrected chi connectivity index (χ3v) is 3.25. The summed E-state index contributed by atoms with van der Waals surface area (Å²) in [5.41, 5.74) is 2.60. The average molecular weight is 224 g/mol. The molecule has 1 aliphatic heterocycles. The van der Waals surface area contributed by atoms with Crippen molar-refractivity contribution in [1.29, 1.82) is 0 Å². The van der Waals surface area contributed by atoms with Gasteiger partial charge >= 0.3 is 0 Å². The molecule has 1 fully saturated rings. The van der Waals surface area contributed by atoms with Crippen LogP contribution in [0, 0.1) is 6.92 Å². The quantitative estimate of drug-likeness (QED) is 0.763. The summed E-state index contributed by atoms with van der Waals surface area (Å²) in [7, 11) is 0. The number of hydrogen-bond donors (Lipinski definition) is 1. The monoisotopic (exact) mass is 223 g/mol. The number of hydrogen-bond acceptors (Lipinski definition) is 1. The standard InChI is InChI=1S/C13H18ClN/c1-10-7-11(9-12(14)8-10)13-5-3-2-4-6-15-13/h7-9,13,15H,2-6H2,1H3. The van der Waals surface area contributed by atoms with Crippen molar-refractivity contribution in [2.24, 2.45) is 0 Å². The molecule has 1 heterocycles. The molecule has 2 heteroatoms. The second kappa shape index (κ2) is 5.00. The summed E-state index contributed by atoms with van der Waals surface area (Å²) < 4.78 is 0. The van der Waals surface area contributed by atoms with E-state index in [4.69, 9.17) is 11.6 Å². The zero-order chi connectivity index (χ0) is 10.7. The Labute approximate surface area is 96.8 Å². The summed E-state index contributed by atoms with van der Waals surface area (Å²) in [5, 5.41) is 4.45. The van der Waals surface area contributed by atoms with Crippen molar-refractivity contribution in [2.75, 3.05) is 6.54 Å². The maximum Gasteiger partial charge on any atom is 0.0411 e. The van der Waals surface area contributed by atoms with Crippen molar-refractivity contribution >= 4 is 11.6 Å². The van der Waals surface area contributed by atoms with Gasteiger partial charge in [0.05, 0.1) is 0 Å². The molecular weight excluding hydrogens is 206 g/mol. The van der Waals surface area contributed by atoms with Gasteiger partial charge in [-0.3, -0.25) is 0 Å². The van der Waals surface area contributed by atoms with Gasteiger partial charge in [-0.15, -0.1) is 0 Å². The fourth-order valence-electron chi connectivity index (χ4n) is 2.28. The van der Waals surface area contributed by atoms with Crippen LogP contribution < -0.4 is 5.32 Å². The summed E-state index contributed by atoms with van der Waals surface area (Å²) in [6, 6.07) is 6.86. The maximum absolute atomic E-state index is 6.08. The number of halogens is 1. The lowest BCUT2D eigenvalue weighted by Crippen LogP contribution is -2.20. The molecule has 0 aromatic heterocycles. The Morgan fingerprint density at radius 1 is 1.20 bits per heavy atom. The highest BCUT2D eigenvalue weighted by atomic mass is 35.5. The van der Waals surface area contributed by atoms with E-state index in [0.29, 0.717) is 6.04 Å². The first-order chi connectivity index (χ1) is 7.25. The van der Waals surface area contributed by atoms with E-state index >= 15 is 0 Å². The predicted molar refractivity (Wildman–Crippen MR) is 65.4 cm³/mol. The van der Waals surface area contributed by atoms with Crippen molar-refractivity contribution in [3.05, 3.63) is 34.3 Å². The van der Waals surface area contributed by atoms with Crippen LogP contribution in [0.1, 0.15) is 42.9 Å². The van der Waals surface area contributed by atoms with Gasteiger partial charge in [0.15, 0.2) is 0 Å². The molecule has 1 unspecified atom stereocenters. The summed E-state index contributed by atoms with van der Waals surface area (Å²) in [6.07, 6.45) is 5.21. The molecule has 1 atom stereocenters. The molecule has 1 aromatic carbocycles. The van der Waals surface area contributed by atoms with Crippen molar-refractivity contribution in [3.63, 3.8) is 0 Å². The summed E-state index contributed by atoms with van der Waals surface area (Å²) in [6.45, 7) is 3.24. The minimum absolute atomic E-state index is 0.505. The van der Waals surface area contributed by atoms with E-state index in [0.717, 1.165) is 11.6 Å². The summed E-state index contributed by atoms with van der Waals surface area (Å²) in [5.74, 6) is 0. The molecule has 0 amide bonds. The summed E-state index contributed by atoms with van der Waals surface area (Å²) in [4.78, 5) is 0. The van der Waals surface area contributed by atoms with Crippen molar-refractivity contribution in [1.82, 2.24) is 5.32 Å². The average Bonchev–Trinajstić information content (AvgIpc) is 2.43. The van der Waals surface area contributed by atoms with Crippen molar-refractivity contribution < 1.29 is 0 Å². The van der Waals surface area contributed by atoms with Crippen LogP contribution in [0.4, 0.5) is 0 Å². The Bertz CT molecular complexity index is 307. The second-order valence-electron chi connectivity index (χ2n) is 4.42. The minimum atomic E-state index is 0.505. The predicted octanol–water partition coefficient (Wildman–Crippen LogP) is 3.85. The van der Waals surface area contributed by atoms with Gasteiger partial charge in [0.25, 0.3) is 0 Å². The molecule has 15 heavy (non-hydrogen) atoms. The molecule has 0 spiro atoms. The summed E-state index contributed by atoms with van der Waals surface area (Å²) >= 11 is 6.08. The van der Waals surface area contributed by atoms with Crippen molar-refractivity contribution in [3.8, 4) is 0 Å². The molecule has 1 aliphatic rings. The maximum atomic E-state index is 6.08. The van der Waals surface area contributed by atoms with E-state index in [1.165, 1.54) is 36.8 Å². The zero-order valence-corrected chi connectivity index (χ0v) is 9.98. The molecule has 1 aromatic rings. The molecule has 1 saturated heterocycles. The highest BCUT2D eigenvalue weighted by Gasteiger charge is 2.13. The molecular formula is C13H18ClN. The van der Waals surface area contributed by atoms with Gasteiger partial charge in [-0.2, -0.15) is 0 Å². The lowest BCUT2D eigenvalue weighted by molar-refractivity contribution is 0.534. The largest absolute Gasteiger partial charge is 0.310 e. The van der Waals surface area contributed by atoms with E-state index in [1.807, 2.05) is 6.07 Å². The van der Waals surface area contributed by atoms with Crippen LogP contribution in [-0.2, 0) is 0 Å². The molecule has 0 saturated carbocycles. The van der Waals surface area contributed by atoms with Gasteiger partial charge in [-0.1, -0.05) is 30.5 Å². The number of aryl methyl sites for hydroxylation is 1. The van der Waals surface area contributed by atoms with Crippen LogP contribution in [-0.4, -0.2) is 6.54 Å². The van der Waals surface area contributed by atoms with Gasteiger partial charge in [-0.25, -0.2) is 0 Å². The van der Waals surface area contributed by atoms with Crippen LogP contribution in [0.25, 0.3) is 0 Å². The number of rotatable bonds is 1. The Kier molecular flexibility index (Phi) is 3.66. The Hall–Kier alpha value is -0.530. The van der Waals surface area contributed by atoms with Crippen LogP contribution in [0.5, 0.6) is 0 Å². The third-order valence-electron chi connectivity index (χ3n) is 3.03. The molecule has 82 valence electrons. The van der Waals surface area contributed by atoms with E-state index in [2.05, 4.69) is 24.4 Å². The number of benzene rings is 1. The lowest BCUT2D eigenvalue weighted by Gasteiger charge is -2.17. The van der Waals surface area contributed by atoms with Crippen LogP contribution in [0.3, 0.4) is 0 Å². The molecule has 1 N–H and O–H groups in total. The van der Waals surface area contributed by atoms with E-state index in [1.54, 1.807) is 0 Å². The van der Waals surface area contributed by atoms with E-state index in [9.17, 15) is 0 Å². The Balaban J connectivity index is 2.19. The molecule has 2 rings (SSSR count). The number of nitrogens with one attached hydrogen (secondary N) is 1. The fourth-order valence-corrected chi connectivity index (χ4v) is 2.58. The molecule has 0 radical (unpaired) electrons. The van der Waals surface area contributed by atoms with Crippen LogP contribution >= 0.6 is 11.6 Å². The first-order valence-electron chi connectivity index (χ1n) is 5.76. The van der Waals surface area contributed by atoms with Gasteiger partial charge in [0, 0.05) is 11.1 Å². The highest BCUT2D eigenvalue weighted by molar-refractivity contribution is 6.30. The van der Waals surface area contributed by atoms with Crippen molar-refractivity contribution in [2.45, 2.75) is 38.6 Å². The third kappa shape index (κ3) is 2.96. The minimum Gasteiger partial charge on any atom is -0.310 e. The first kappa shape index (κ1) is 11.0. The van der Waals surface area contributed by atoms with Crippen LogP contribution in [0.15, 0.2) is 18.2 Å². The van der Waals surface area contributed by atoms with Gasteiger partial charge in [0.2, 0.25) is 0 Å². The highest BCUT2D eigenvalue weighted by Crippen LogP contribution is 2.25. The van der Waals surface area contributed by atoms with E-state index < -0.39 is 0 Å². The Morgan fingerprint density at radius 2 is 2.07 bits per heavy atom. The normalized spacial score (nSPS) is 22.4. The van der Waals surface area contributed by atoms with E-state index in [-0.39, 0.29) is 0 Å². The lowest BCUT2D eigenvalue weighted by atomic mass is 10.0. The first-order valence-corrected chi connectivity index (χ1v) is 6.14. The smallest absolute Gasteiger partial charge is 0.0411 e. The molecule has 0 aliphatic carbocycles. The molecule has 0 bridgehead atoms. The fraction of sp³-hybridized carbons (Fsp3) is 0.538. The Morgan fingerprint density at radius 3 is 2.87 bits per heavy atom. The SMILES string of the molecule is Cc1cc(Cl)cc(C2CCCCCN2)c1. The zero-order valence-electron chi connectivity index (χ0n) is 9.22.